The quantitative estimate of drug-likeness (QED) is 0.766. The van der Waals surface area contributed by atoms with Crippen LogP contribution in [-0.2, 0) is 4.79 Å². The second kappa shape index (κ2) is 6.56. The van der Waals surface area contributed by atoms with Crippen LogP contribution in [0, 0.1) is 13.8 Å². The Bertz CT molecular complexity index is 666. The Morgan fingerprint density at radius 1 is 1.23 bits per heavy atom. The summed E-state index contributed by atoms with van der Waals surface area (Å²) in [6, 6.07) is 7.18. The van der Waals surface area contributed by atoms with E-state index in [0.29, 0.717) is 22.8 Å². The number of hydrogen-bond acceptors (Lipinski definition) is 5. The minimum Gasteiger partial charge on any atom is -0.497 e. The third-order valence-electron chi connectivity index (χ3n) is 3.61. The molecule has 5 heteroatoms. The molecule has 0 saturated heterocycles. The molecule has 0 aliphatic rings. The molecule has 0 aliphatic carbocycles. The van der Waals surface area contributed by atoms with Gasteiger partial charge in [-0.25, -0.2) is 0 Å². The summed E-state index contributed by atoms with van der Waals surface area (Å²) in [4.78, 5) is 24.4. The average molecular weight is 301 g/mol. The molecule has 0 aliphatic heterocycles. The summed E-state index contributed by atoms with van der Waals surface area (Å²) >= 11 is 0. The first kappa shape index (κ1) is 15.9. The Morgan fingerprint density at radius 3 is 2.32 bits per heavy atom. The number of methoxy groups -OCH3 is 1. The smallest absolute Gasteiger partial charge is 0.176 e. The fourth-order valence-corrected chi connectivity index (χ4v) is 2.49. The molecule has 5 nitrogen and oxygen atoms in total. The molecule has 0 saturated carbocycles. The summed E-state index contributed by atoms with van der Waals surface area (Å²) in [5.74, 6) is 0.456. The van der Waals surface area contributed by atoms with Crippen LogP contribution in [-0.4, -0.2) is 23.8 Å². The van der Waals surface area contributed by atoms with E-state index in [9.17, 15) is 9.59 Å². The van der Waals surface area contributed by atoms with E-state index in [0.717, 1.165) is 5.56 Å². The molecule has 2 rings (SSSR count). The van der Waals surface area contributed by atoms with E-state index in [4.69, 9.17) is 9.26 Å². The molecule has 0 fully saturated rings. The highest BCUT2D eigenvalue weighted by atomic mass is 16.5. The number of ether oxygens (including phenoxy) is 1. The van der Waals surface area contributed by atoms with Gasteiger partial charge in [0.1, 0.15) is 17.3 Å². The molecule has 0 spiro atoms. The number of carbonyl (C=O) groups is 2. The number of aromatic nitrogens is 1. The zero-order chi connectivity index (χ0) is 16.3. The lowest BCUT2D eigenvalue weighted by molar-refractivity contribution is -0.117. The maximum absolute atomic E-state index is 12.9. The van der Waals surface area contributed by atoms with Gasteiger partial charge in [0.05, 0.1) is 24.3 Å². The van der Waals surface area contributed by atoms with Crippen molar-refractivity contribution in [2.75, 3.05) is 7.11 Å². The summed E-state index contributed by atoms with van der Waals surface area (Å²) in [7, 11) is 1.58. The minimum atomic E-state index is -0.541. The molecule has 0 bridgehead atoms. The zero-order valence-electron chi connectivity index (χ0n) is 13.2. The van der Waals surface area contributed by atoms with Crippen LogP contribution in [0.4, 0.5) is 0 Å². The van der Waals surface area contributed by atoms with Crippen LogP contribution >= 0.6 is 0 Å². The van der Waals surface area contributed by atoms with Gasteiger partial charge < -0.3 is 9.26 Å². The number of nitrogens with zero attached hydrogens (tertiary/aromatic N) is 1. The molecule has 0 amide bonds. The van der Waals surface area contributed by atoms with Gasteiger partial charge in [-0.1, -0.05) is 17.3 Å². The molecule has 1 aromatic heterocycles. The highest BCUT2D eigenvalue weighted by Gasteiger charge is 2.28. The lowest BCUT2D eigenvalue weighted by Crippen LogP contribution is -2.17. The zero-order valence-corrected chi connectivity index (χ0v) is 13.2. The summed E-state index contributed by atoms with van der Waals surface area (Å²) in [5.41, 5.74) is 1.78. The number of benzene rings is 1. The van der Waals surface area contributed by atoms with E-state index >= 15 is 0 Å². The van der Waals surface area contributed by atoms with Crippen LogP contribution in [0.2, 0.25) is 0 Å². The van der Waals surface area contributed by atoms with Gasteiger partial charge in [0, 0.05) is 6.42 Å². The topological polar surface area (TPSA) is 69.4 Å². The lowest BCUT2D eigenvalue weighted by Gasteiger charge is -2.15. The van der Waals surface area contributed by atoms with Gasteiger partial charge in [-0.2, -0.15) is 0 Å². The van der Waals surface area contributed by atoms with Crippen molar-refractivity contribution < 1.29 is 18.8 Å². The van der Waals surface area contributed by atoms with Gasteiger partial charge in [0.2, 0.25) is 0 Å². The second-order valence-corrected chi connectivity index (χ2v) is 5.30. The largest absolute Gasteiger partial charge is 0.497 e. The van der Waals surface area contributed by atoms with E-state index in [1.807, 2.05) is 12.1 Å². The van der Waals surface area contributed by atoms with Gasteiger partial charge in [-0.05, 0) is 38.5 Å². The number of carbonyl (C=O) groups excluding carboxylic acids is 2. The Labute approximate surface area is 129 Å². The maximum Gasteiger partial charge on any atom is 0.176 e. The van der Waals surface area contributed by atoms with Crippen LogP contribution < -0.4 is 4.74 Å². The van der Waals surface area contributed by atoms with Crippen molar-refractivity contribution in [2.24, 2.45) is 0 Å². The van der Waals surface area contributed by atoms with Crippen molar-refractivity contribution in [3.8, 4) is 5.75 Å². The lowest BCUT2D eigenvalue weighted by atomic mass is 9.86. The fourth-order valence-electron chi connectivity index (χ4n) is 2.49. The van der Waals surface area contributed by atoms with E-state index in [-0.39, 0.29) is 18.0 Å². The van der Waals surface area contributed by atoms with Crippen molar-refractivity contribution >= 4 is 11.6 Å². The number of Topliss-reactive ketones (excluding diaryl/α,β-unsaturated/α-hetero) is 2. The van der Waals surface area contributed by atoms with Gasteiger partial charge in [-0.15, -0.1) is 0 Å². The Morgan fingerprint density at radius 2 is 1.86 bits per heavy atom. The molecule has 1 atom stereocenters. The van der Waals surface area contributed by atoms with Crippen molar-refractivity contribution in [3.05, 3.63) is 46.8 Å². The normalized spacial score (nSPS) is 12.0. The van der Waals surface area contributed by atoms with Crippen molar-refractivity contribution in [1.82, 2.24) is 5.16 Å². The average Bonchev–Trinajstić information content (AvgIpc) is 2.83. The van der Waals surface area contributed by atoms with Crippen LogP contribution in [0.15, 0.2) is 28.8 Å². The molecule has 1 heterocycles. The first-order chi connectivity index (χ1) is 10.4. The van der Waals surface area contributed by atoms with Crippen LogP contribution in [0.5, 0.6) is 5.75 Å². The summed E-state index contributed by atoms with van der Waals surface area (Å²) in [5, 5.41) is 3.82. The first-order valence-electron chi connectivity index (χ1n) is 7.04. The number of ketones is 2. The molecule has 22 heavy (non-hydrogen) atoms. The van der Waals surface area contributed by atoms with Crippen LogP contribution in [0.1, 0.15) is 46.6 Å². The van der Waals surface area contributed by atoms with Crippen molar-refractivity contribution in [3.63, 3.8) is 0 Å². The third-order valence-corrected chi connectivity index (χ3v) is 3.61. The molecule has 116 valence electrons. The molecular formula is C17H19NO4. The monoisotopic (exact) mass is 301 g/mol. The van der Waals surface area contributed by atoms with Crippen molar-refractivity contribution in [1.29, 1.82) is 0 Å². The van der Waals surface area contributed by atoms with E-state index in [2.05, 4.69) is 5.16 Å². The van der Waals surface area contributed by atoms with Gasteiger partial charge >= 0.3 is 0 Å². The summed E-state index contributed by atoms with van der Waals surface area (Å²) < 4.78 is 10.2. The standard InChI is InChI=1S/C17H19NO4/c1-10(19)9-15(13-5-7-14(21-4)8-6-13)17(20)16-11(2)18-22-12(16)3/h5-8,15H,9H2,1-4H3. The SMILES string of the molecule is COc1ccc(C(CC(C)=O)C(=O)c2c(C)noc2C)cc1. The minimum absolute atomic E-state index is 0.0408. The predicted octanol–water partition coefficient (Wildman–Crippen LogP) is 3.25. The van der Waals surface area contributed by atoms with Gasteiger partial charge in [0.25, 0.3) is 0 Å². The predicted molar refractivity (Wildman–Crippen MR) is 81.3 cm³/mol. The van der Waals surface area contributed by atoms with Gasteiger partial charge in [-0.3, -0.25) is 9.59 Å². The summed E-state index contributed by atoms with van der Waals surface area (Å²) in [6.07, 6.45) is 0.148. The number of hydrogen-bond donors (Lipinski definition) is 0. The molecular weight excluding hydrogens is 282 g/mol. The van der Waals surface area contributed by atoms with E-state index in [1.54, 1.807) is 33.1 Å². The van der Waals surface area contributed by atoms with E-state index < -0.39 is 5.92 Å². The van der Waals surface area contributed by atoms with Gasteiger partial charge in [0.15, 0.2) is 5.78 Å². The van der Waals surface area contributed by atoms with Crippen LogP contribution in [0.25, 0.3) is 0 Å². The maximum atomic E-state index is 12.9. The Hall–Kier alpha value is -2.43. The van der Waals surface area contributed by atoms with E-state index in [1.165, 1.54) is 6.92 Å². The number of aryl methyl sites for hydroxylation is 2. The number of rotatable bonds is 6. The van der Waals surface area contributed by atoms with Crippen LogP contribution in [0.3, 0.4) is 0 Å². The Kier molecular flexibility index (Phi) is 4.75. The highest BCUT2D eigenvalue weighted by molar-refractivity contribution is 6.04. The molecule has 2 aromatic rings. The molecule has 1 aromatic carbocycles. The van der Waals surface area contributed by atoms with Crippen molar-refractivity contribution in [2.45, 2.75) is 33.1 Å². The Balaban J connectivity index is 2.41. The third kappa shape index (κ3) is 3.24. The summed E-state index contributed by atoms with van der Waals surface area (Å²) in [6.45, 7) is 4.91. The first-order valence-corrected chi connectivity index (χ1v) is 7.04. The molecule has 0 N–H and O–H groups in total. The fraction of sp³-hybridized carbons (Fsp3) is 0.353. The molecule has 1 unspecified atom stereocenters. The highest BCUT2D eigenvalue weighted by Crippen LogP contribution is 2.29. The second-order valence-electron chi connectivity index (χ2n) is 5.30. The molecule has 0 radical (unpaired) electrons.